The van der Waals surface area contributed by atoms with Crippen molar-refractivity contribution in [3.8, 4) is 5.75 Å². The van der Waals surface area contributed by atoms with Crippen LogP contribution in [0.1, 0.15) is 24.0 Å². The Labute approximate surface area is 119 Å². The second kappa shape index (κ2) is 4.51. The molecule has 3 rings (SSSR count). The van der Waals surface area contributed by atoms with Gasteiger partial charge < -0.3 is 9.64 Å². The summed E-state index contributed by atoms with van der Waals surface area (Å²) in [6, 6.07) is 6.17. The van der Waals surface area contributed by atoms with Gasteiger partial charge in [0.2, 0.25) is 5.91 Å². The number of likely N-dealkylation sites (tertiary alicyclic amines) is 1. The van der Waals surface area contributed by atoms with E-state index < -0.39 is 0 Å². The van der Waals surface area contributed by atoms with Gasteiger partial charge in [-0.3, -0.25) is 4.79 Å². The van der Waals surface area contributed by atoms with Crippen LogP contribution in [0.5, 0.6) is 5.75 Å². The van der Waals surface area contributed by atoms with E-state index in [2.05, 4.69) is 24.8 Å². The minimum absolute atomic E-state index is 0.175. The van der Waals surface area contributed by atoms with Crippen LogP contribution in [0.3, 0.4) is 0 Å². The second-order valence-corrected chi connectivity index (χ2v) is 5.52. The zero-order chi connectivity index (χ0) is 14.3. The van der Waals surface area contributed by atoms with Gasteiger partial charge in [-0.15, -0.1) is 6.58 Å². The van der Waals surface area contributed by atoms with Crippen LogP contribution in [-0.4, -0.2) is 25.0 Å². The number of likely N-dealkylation sites (N-methyl/N-ethyl adjacent to an activating group) is 1. The highest BCUT2D eigenvalue weighted by Gasteiger charge is 2.49. The fourth-order valence-electron chi connectivity index (χ4n) is 3.53. The van der Waals surface area contributed by atoms with Crippen molar-refractivity contribution < 1.29 is 9.53 Å². The number of benzene rings is 1. The minimum Gasteiger partial charge on any atom is -0.497 e. The maximum absolute atomic E-state index is 12.2. The van der Waals surface area contributed by atoms with Crippen LogP contribution in [0.25, 0.3) is 0 Å². The average molecular weight is 269 g/mol. The molecule has 0 spiro atoms. The van der Waals surface area contributed by atoms with Crippen molar-refractivity contribution in [3.05, 3.63) is 53.8 Å². The lowest BCUT2D eigenvalue weighted by Gasteiger charge is -2.35. The summed E-state index contributed by atoms with van der Waals surface area (Å²) in [5, 5.41) is 0. The summed E-state index contributed by atoms with van der Waals surface area (Å²) < 4.78 is 5.36. The van der Waals surface area contributed by atoms with E-state index in [4.69, 9.17) is 4.74 Å². The number of amides is 1. The Kier molecular flexibility index (Phi) is 2.93. The number of carbonyl (C=O) groups excluding carboxylic acids is 1. The predicted octanol–water partition coefficient (Wildman–Crippen LogP) is 2.81. The van der Waals surface area contributed by atoms with Crippen LogP contribution in [0.2, 0.25) is 0 Å². The number of ether oxygens (including phenoxy) is 1. The Hall–Kier alpha value is -2.03. The van der Waals surface area contributed by atoms with Crippen molar-refractivity contribution in [2.75, 3.05) is 14.2 Å². The van der Waals surface area contributed by atoms with Crippen molar-refractivity contribution in [1.29, 1.82) is 0 Å². The quantitative estimate of drug-likeness (QED) is 0.790. The minimum atomic E-state index is -0.254. The molecule has 0 saturated carbocycles. The Bertz CT molecular complexity index is 617. The van der Waals surface area contributed by atoms with Crippen molar-refractivity contribution >= 4 is 5.91 Å². The fourth-order valence-corrected chi connectivity index (χ4v) is 3.53. The summed E-state index contributed by atoms with van der Waals surface area (Å²) >= 11 is 0. The first kappa shape index (κ1) is 13.0. The standard InChI is InChI=1S/C17H19NO2/c1-4-9-17-11-16(19)18(2)15(17)8-6-12-5-7-13(20-3)10-14(12)17/h4-5,7-8,10H,1,6,9,11H2,2-3H3. The van der Waals surface area contributed by atoms with Gasteiger partial charge in [0.15, 0.2) is 0 Å². The summed E-state index contributed by atoms with van der Waals surface area (Å²) in [4.78, 5) is 14.0. The van der Waals surface area contributed by atoms with Crippen LogP contribution >= 0.6 is 0 Å². The lowest BCUT2D eigenvalue weighted by Crippen LogP contribution is -2.31. The van der Waals surface area contributed by atoms with Crippen molar-refractivity contribution in [2.45, 2.75) is 24.7 Å². The van der Waals surface area contributed by atoms with Gasteiger partial charge in [0, 0.05) is 24.6 Å². The summed E-state index contributed by atoms with van der Waals surface area (Å²) in [5.41, 5.74) is 3.35. The molecule has 3 nitrogen and oxygen atoms in total. The number of methoxy groups -OCH3 is 1. The molecular formula is C17H19NO2. The summed E-state index contributed by atoms with van der Waals surface area (Å²) in [6.45, 7) is 3.89. The Morgan fingerprint density at radius 1 is 1.50 bits per heavy atom. The zero-order valence-corrected chi connectivity index (χ0v) is 12.0. The van der Waals surface area contributed by atoms with Crippen molar-refractivity contribution in [1.82, 2.24) is 4.90 Å². The van der Waals surface area contributed by atoms with E-state index >= 15 is 0 Å². The molecule has 1 fully saturated rings. The van der Waals surface area contributed by atoms with Gasteiger partial charge in [0.1, 0.15) is 5.75 Å². The number of hydrogen-bond acceptors (Lipinski definition) is 2. The van der Waals surface area contributed by atoms with Gasteiger partial charge in [0.25, 0.3) is 0 Å². The van der Waals surface area contributed by atoms with Crippen LogP contribution in [0.4, 0.5) is 0 Å². The molecule has 1 unspecified atom stereocenters. The highest BCUT2D eigenvalue weighted by molar-refractivity contribution is 5.85. The third kappa shape index (κ3) is 1.62. The van der Waals surface area contributed by atoms with E-state index in [9.17, 15) is 4.79 Å². The molecule has 0 aromatic heterocycles. The summed E-state index contributed by atoms with van der Waals surface area (Å²) in [5.74, 6) is 1.02. The van der Waals surface area contributed by atoms with E-state index in [0.717, 1.165) is 24.3 Å². The van der Waals surface area contributed by atoms with Crippen LogP contribution in [0, 0.1) is 0 Å². The highest BCUT2D eigenvalue weighted by Crippen LogP contribution is 2.50. The van der Waals surface area contributed by atoms with E-state index in [0.29, 0.717) is 6.42 Å². The molecule has 1 saturated heterocycles. The molecular weight excluding hydrogens is 250 g/mol. The normalized spacial score (nSPS) is 24.0. The molecule has 0 N–H and O–H groups in total. The number of allylic oxidation sites excluding steroid dienone is 3. The van der Waals surface area contributed by atoms with Gasteiger partial charge in [0.05, 0.1) is 7.11 Å². The average Bonchev–Trinajstić information content (AvgIpc) is 2.71. The molecule has 104 valence electrons. The topological polar surface area (TPSA) is 29.5 Å². The molecule has 1 amide bonds. The van der Waals surface area contributed by atoms with Gasteiger partial charge in [-0.1, -0.05) is 18.2 Å². The van der Waals surface area contributed by atoms with E-state index in [1.165, 1.54) is 11.1 Å². The monoisotopic (exact) mass is 269 g/mol. The molecule has 1 aliphatic heterocycles. The predicted molar refractivity (Wildman–Crippen MR) is 78.7 cm³/mol. The number of fused-ring (bicyclic) bond motifs is 3. The molecule has 0 radical (unpaired) electrons. The highest BCUT2D eigenvalue weighted by atomic mass is 16.5. The largest absolute Gasteiger partial charge is 0.497 e. The zero-order valence-electron chi connectivity index (χ0n) is 12.0. The lowest BCUT2D eigenvalue weighted by molar-refractivity contribution is -0.125. The van der Waals surface area contributed by atoms with E-state index in [1.54, 1.807) is 12.0 Å². The van der Waals surface area contributed by atoms with Crippen molar-refractivity contribution in [3.63, 3.8) is 0 Å². The Balaban J connectivity index is 2.21. The van der Waals surface area contributed by atoms with Gasteiger partial charge in [-0.05, 0) is 36.1 Å². The van der Waals surface area contributed by atoms with Crippen molar-refractivity contribution in [2.24, 2.45) is 0 Å². The lowest BCUT2D eigenvalue weighted by atomic mass is 9.69. The van der Waals surface area contributed by atoms with Crippen LogP contribution in [0.15, 0.2) is 42.6 Å². The summed E-state index contributed by atoms with van der Waals surface area (Å²) in [7, 11) is 3.54. The smallest absolute Gasteiger partial charge is 0.227 e. The number of nitrogens with zero attached hydrogens (tertiary/aromatic N) is 1. The second-order valence-electron chi connectivity index (χ2n) is 5.52. The van der Waals surface area contributed by atoms with Gasteiger partial charge in [-0.2, -0.15) is 0 Å². The third-order valence-electron chi connectivity index (χ3n) is 4.52. The molecule has 3 heteroatoms. The molecule has 1 heterocycles. The SMILES string of the molecule is C=CCC12CC(=O)N(C)C1=CCc1ccc(OC)cc12. The first-order valence-electron chi connectivity index (χ1n) is 6.88. The number of hydrogen-bond donors (Lipinski definition) is 0. The van der Waals surface area contributed by atoms with Crippen LogP contribution < -0.4 is 4.74 Å². The Morgan fingerprint density at radius 3 is 3.00 bits per heavy atom. The Morgan fingerprint density at radius 2 is 2.30 bits per heavy atom. The third-order valence-corrected chi connectivity index (χ3v) is 4.52. The number of rotatable bonds is 3. The molecule has 1 atom stereocenters. The molecule has 1 aromatic rings. The van der Waals surface area contributed by atoms with E-state index in [-0.39, 0.29) is 11.3 Å². The molecule has 2 aliphatic rings. The van der Waals surface area contributed by atoms with Gasteiger partial charge >= 0.3 is 0 Å². The molecule has 1 aliphatic carbocycles. The molecule has 0 bridgehead atoms. The van der Waals surface area contributed by atoms with Gasteiger partial charge in [-0.25, -0.2) is 0 Å². The molecule has 20 heavy (non-hydrogen) atoms. The first-order chi connectivity index (χ1) is 9.62. The van der Waals surface area contributed by atoms with E-state index in [1.807, 2.05) is 19.2 Å². The number of carbonyl (C=O) groups is 1. The van der Waals surface area contributed by atoms with Crippen LogP contribution in [-0.2, 0) is 16.6 Å². The first-order valence-corrected chi connectivity index (χ1v) is 6.88. The maximum Gasteiger partial charge on any atom is 0.227 e. The fraction of sp³-hybridized carbons (Fsp3) is 0.353. The molecule has 1 aromatic carbocycles. The summed E-state index contributed by atoms with van der Waals surface area (Å²) in [6.07, 6.45) is 6.25. The maximum atomic E-state index is 12.2.